The van der Waals surface area contributed by atoms with Gasteiger partial charge in [0, 0.05) is 31.2 Å². The maximum absolute atomic E-state index is 4.54. The molecule has 3 aromatic heterocycles. The van der Waals surface area contributed by atoms with E-state index in [4.69, 9.17) is 0 Å². The summed E-state index contributed by atoms with van der Waals surface area (Å²) in [7, 11) is 0. The second kappa shape index (κ2) is 7.66. The fraction of sp³-hybridized carbons (Fsp3) is 0.400. The molecule has 0 radical (unpaired) electrons. The van der Waals surface area contributed by atoms with E-state index in [9.17, 15) is 0 Å². The molecule has 0 bridgehead atoms. The molecule has 3 aromatic rings. The van der Waals surface area contributed by atoms with Crippen molar-refractivity contribution in [1.82, 2.24) is 14.4 Å². The van der Waals surface area contributed by atoms with Crippen LogP contribution >= 0.6 is 15.9 Å². The number of hydrogen-bond acceptors (Lipinski definition) is 4. The first kappa shape index (κ1) is 17.3. The third-order valence-electron chi connectivity index (χ3n) is 5.23. The first-order chi connectivity index (χ1) is 12.7. The van der Waals surface area contributed by atoms with Crippen LogP contribution in [0.3, 0.4) is 0 Å². The molecule has 1 saturated carbocycles. The SMILES string of the molecule is C[C@H]1CCCC[C@@H]1Nc1cc(NCc2cccnc2)c2ncc(Br)n2c1. The highest BCUT2D eigenvalue weighted by Crippen LogP contribution is 2.30. The van der Waals surface area contributed by atoms with E-state index in [1.54, 1.807) is 6.20 Å². The molecule has 0 unspecified atom stereocenters. The van der Waals surface area contributed by atoms with Gasteiger partial charge in [-0.05, 0) is 52.4 Å². The van der Waals surface area contributed by atoms with Crippen LogP contribution in [0.15, 0.2) is 47.6 Å². The van der Waals surface area contributed by atoms with Crippen molar-refractivity contribution in [3.63, 3.8) is 0 Å². The molecular weight excluding hydrogens is 390 g/mol. The van der Waals surface area contributed by atoms with Crippen LogP contribution in [-0.4, -0.2) is 20.4 Å². The lowest BCUT2D eigenvalue weighted by atomic mass is 9.86. The Hall–Kier alpha value is -2.08. The highest BCUT2D eigenvalue weighted by atomic mass is 79.9. The zero-order valence-electron chi connectivity index (χ0n) is 15.0. The van der Waals surface area contributed by atoms with Gasteiger partial charge >= 0.3 is 0 Å². The maximum atomic E-state index is 4.54. The van der Waals surface area contributed by atoms with Crippen LogP contribution in [0.2, 0.25) is 0 Å². The average molecular weight is 414 g/mol. The normalized spacial score (nSPS) is 20.2. The largest absolute Gasteiger partial charge is 0.381 e. The predicted octanol–water partition coefficient (Wildman–Crippen LogP) is 5.09. The van der Waals surface area contributed by atoms with Crippen LogP contribution in [0.5, 0.6) is 0 Å². The number of hydrogen-bond donors (Lipinski definition) is 2. The summed E-state index contributed by atoms with van der Waals surface area (Å²) >= 11 is 3.60. The summed E-state index contributed by atoms with van der Waals surface area (Å²) in [6.07, 6.45) is 12.9. The smallest absolute Gasteiger partial charge is 0.161 e. The van der Waals surface area contributed by atoms with Crippen molar-refractivity contribution in [3.8, 4) is 0 Å². The summed E-state index contributed by atoms with van der Waals surface area (Å²) in [4.78, 5) is 8.73. The van der Waals surface area contributed by atoms with Crippen molar-refractivity contribution in [2.75, 3.05) is 10.6 Å². The number of fused-ring (bicyclic) bond motifs is 1. The molecule has 2 N–H and O–H groups in total. The minimum absolute atomic E-state index is 0.537. The van der Waals surface area contributed by atoms with Crippen LogP contribution in [0, 0.1) is 5.92 Å². The fourth-order valence-electron chi connectivity index (χ4n) is 3.71. The number of aromatic nitrogens is 3. The summed E-state index contributed by atoms with van der Waals surface area (Å²) in [6.45, 7) is 3.07. The van der Waals surface area contributed by atoms with Gasteiger partial charge < -0.3 is 10.6 Å². The van der Waals surface area contributed by atoms with Gasteiger partial charge in [-0.15, -0.1) is 0 Å². The number of imidazole rings is 1. The minimum Gasteiger partial charge on any atom is -0.381 e. The van der Waals surface area contributed by atoms with Crippen LogP contribution in [0.4, 0.5) is 11.4 Å². The molecule has 1 fully saturated rings. The molecule has 0 amide bonds. The van der Waals surface area contributed by atoms with Gasteiger partial charge in [0.1, 0.15) is 4.60 Å². The molecule has 3 heterocycles. The molecule has 5 nitrogen and oxygen atoms in total. The van der Waals surface area contributed by atoms with E-state index in [1.807, 2.05) is 18.5 Å². The summed E-state index contributed by atoms with van der Waals surface area (Å²) in [5.41, 5.74) is 4.22. The van der Waals surface area contributed by atoms with E-state index in [2.05, 4.69) is 66.2 Å². The second-order valence-corrected chi connectivity index (χ2v) is 7.96. The molecule has 0 aliphatic heterocycles. The van der Waals surface area contributed by atoms with Gasteiger partial charge in [0.05, 0.1) is 17.6 Å². The number of rotatable bonds is 5. The van der Waals surface area contributed by atoms with E-state index in [-0.39, 0.29) is 0 Å². The summed E-state index contributed by atoms with van der Waals surface area (Å²) < 4.78 is 3.04. The highest BCUT2D eigenvalue weighted by Gasteiger charge is 2.21. The van der Waals surface area contributed by atoms with E-state index in [0.717, 1.165) is 33.7 Å². The van der Waals surface area contributed by atoms with Gasteiger partial charge in [0.15, 0.2) is 5.65 Å². The maximum Gasteiger partial charge on any atom is 0.161 e. The lowest BCUT2D eigenvalue weighted by molar-refractivity contribution is 0.349. The predicted molar refractivity (Wildman–Crippen MR) is 109 cm³/mol. The standard InChI is InChI=1S/C20H24BrN5/c1-14-5-2-3-7-17(14)25-16-9-18(20-24-12-19(21)26(20)13-16)23-11-15-6-4-8-22-10-15/h4,6,8-10,12-14,17,23,25H,2-3,5,7,11H2,1H3/t14-,17-/m0/s1. The first-order valence-electron chi connectivity index (χ1n) is 9.26. The Labute approximate surface area is 162 Å². The minimum atomic E-state index is 0.537. The molecule has 1 aliphatic rings. The van der Waals surface area contributed by atoms with E-state index < -0.39 is 0 Å². The second-order valence-electron chi connectivity index (χ2n) is 7.14. The molecule has 6 heteroatoms. The van der Waals surface area contributed by atoms with Crippen LogP contribution in [-0.2, 0) is 6.54 Å². The van der Waals surface area contributed by atoms with Crippen LogP contribution < -0.4 is 10.6 Å². The Morgan fingerprint density at radius 1 is 1.27 bits per heavy atom. The summed E-state index contributed by atoms with van der Waals surface area (Å²) in [5.74, 6) is 0.706. The van der Waals surface area contributed by atoms with E-state index in [1.165, 1.54) is 25.7 Å². The average Bonchev–Trinajstić information content (AvgIpc) is 3.04. The molecular formula is C20H24BrN5. The molecule has 0 spiro atoms. The van der Waals surface area contributed by atoms with Crippen molar-refractivity contribution >= 4 is 33.0 Å². The third-order valence-corrected chi connectivity index (χ3v) is 5.82. The number of halogens is 1. The van der Waals surface area contributed by atoms with Crippen molar-refractivity contribution in [1.29, 1.82) is 0 Å². The topological polar surface area (TPSA) is 54.2 Å². The Morgan fingerprint density at radius 2 is 2.15 bits per heavy atom. The van der Waals surface area contributed by atoms with Gasteiger partial charge in [0.2, 0.25) is 0 Å². The molecule has 1 aliphatic carbocycles. The molecule has 0 aromatic carbocycles. The third kappa shape index (κ3) is 3.70. The Bertz CT molecular complexity index is 877. The van der Waals surface area contributed by atoms with Crippen molar-refractivity contribution < 1.29 is 0 Å². The molecule has 0 saturated heterocycles. The quantitative estimate of drug-likeness (QED) is 0.610. The summed E-state index contributed by atoms with van der Waals surface area (Å²) in [5, 5.41) is 7.28. The molecule has 2 atom stereocenters. The van der Waals surface area contributed by atoms with Crippen LogP contribution in [0.25, 0.3) is 5.65 Å². The highest BCUT2D eigenvalue weighted by molar-refractivity contribution is 9.10. The molecule has 136 valence electrons. The molecule has 4 rings (SSSR count). The van der Waals surface area contributed by atoms with Gasteiger partial charge in [-0.25, -0.2) is 4.98 Å². The number of nitrogens with zero attached hydrogens (tertiary/aromatic N) is 3. The van der Waals surface area contributed by atoms with Gasteiger partial charge in [-0.1, -0.05) is 25.8 Å². The Kier molecular flexibility index (Phi) is 5.11. The van der Waals surface area contributed by atoms with E-state index in [0.29, 0.717) is 12.0 Å². The van der Waals surface area contributed by atoms with Gasteiger partial charge in [0.25, 0.3) is 0 Å². The number of pyridine rings is 2. The monoisotopic (exact) mass is 413 g/mol. The number of anilines is 2. The van der Waals surface area contributed by atoms with E-state index >= 15 is 0 Å². The number of nitrogens with one attached hydrogen (secondary N) is 2. The lowest BCUT2D eigenvalue weighted by Gasteiger charge is -2.30. The lowest BCUT2D eigenvalue weighted by Crippen LogP contribution is -2.30. The summed E-state index contributed by atoms with van der Waals surface area (Å²) in [6, 6.07) is 6.74. The zero-order valence-corrected chi connectivity index (χ0v) is 16.5. The molecule has 26 heavy (non-hydrogen) atoms. The Morgan fingerprint density at radius 3 is 2.96 bits per heavy atom. The Balaban J connectivity index is 1.60. The van der Waals surface area contributed by atoms with Crippen LogP contribution in [0.1, 0.15) is 38.2 Å². The fourth-order valence-corrected chi connectivity index (χ4v) is 4.08. The zero-order chi connectivity index (χ0) is 17.9. The van der Waals surface area contributed by atoms with Gasteiger partial charge in [-0.2, -0.15) is 0 Å². The van der Waals surface area contributed by atoms with Gasteiger partial charge in [-0.3, -0.25) is 9.38 Å². The van der Waals surface area contributed by atoms with Crippen molar-refractivity contribution in [2.45, 2.75) is 45.2 Å². The van der Waals surface area contributed by atoms with Crippen molar-refractivity contribution in [3.05, 3.63) is 53.2 Å². The first-order valence-corrected chi connectivity index (χ1v) is 10.1. The van der Waals surface area contributed by atoms with Crippen molar-refractivity contribution in [2.24, 2.45) is 5.92 Å².